The molecule has 15 heavy (non-hydrogen) atoms. The lowest BCUT2D eigenvalue weighted by Gasteiger charge is -1.99. The van der Waals surface area contributed by atoms with E-state index in [9.17, 15) is 0 Å². The van der Waals surface area contributed by atoms with Crippen molar-refractivity contribution in [3.8, 4) is 0 Å². The summed E-state index contributed by atoms with van der Waals surface area (Å²) in [5.74, 6) is 0. The van der Waals surface area contributed by atoms with Crippen molar-refractivity contribution >= 4 is 0 Å². The number of rotatable bonds is 7. The summed E-state index contributed by atoms with van der Waals surface area (Å²) in [5, 5.41) is 0. The van der Waals surface area contributed by atoms with Crippen molar-refractivity contribution in [3.05, 3.63) is 48.0 Å². The fourth-order valence-corrected chi connectivity index (χ4v) is 1.64. The van der Waals surface area contributed by atoms with Gasteiger partial charge in [0.2, 0.25) is 0 Å². The average Bonchev–Trinajstić information content (AvgIpc) is 2.29. The molecule has 0 amide bonds. The van der Waals surface area contributed by atoms with Gasteiger partial charge in [-0.2, -0.15) is 0 Å². The fourth-order valence-electron chi connectivity index (χ4n) is 1.64. The van der Waals surface area contributed by atoms with Crippen LogP contribution in [0.1, 0.15) is 44.6 Å². The summed E-state index contributed by atoms with van der Waals surface area (Å²) in [7, 11) is 0. The van der Waals surface area contributed by atoms with Gasteiger partial charge >= 0.3 is 0 Å². The van der Waals surface area contributed by atoms with E-state index in [0.717, 1.165) is 0 Å². The van der Waals surface area contributed by atoms with E-state index in [1.54, 1.807) is 0 Å². The highest BCUT2D eigenvalue weighted by atomic mass is 14.0. The monoisotopic (exact) mass is 202 g/mol. The molecule has 0 nitrogen and oxygen atoms in total. The zero-order valence-corrected chi connectivity index (χ0v) is 9.78. The van der Waals surface area contributed by atoms with Gasteiger partial charge in [0, 0.05) is 0 Å². The fraction of sp³-hybridized carbons (Fsp3) is 0.467. The molecule has 0 heterocycles. The van der Waals surface area contributed by atoms with E-state index >= 15 is 0 Å². The molecular formula is C15H22. The molecule has 0 aromatic heterocycles. The van der Waals surface area contributed by atoms with Crippen LogP contribution in [-0.4, -0.2) is 0 Å². The Labute approximate surface area is 94.0 Å². The highest BCUT2D eigenvalue weighted by molar-refractivity contribution is 5.14. The molecular weight excluding hydrogens is 180 g/mol. The summed E-state index contributed by atoms with van der Waals surface area (Å²) in [6.07, 6.45) is 12.2. The van der Waals surface area contributed by atoms with Gasteiger partial charge in [-0.3, -0.25) is 0 Å². The lowest BCUT2D eigenvalue weighted by atomic mass is 10.1. The van der Waals surface area contributed by atoms with Crippen molar-refractivity contribution in [2.75, 3.05) is 0 Å². The van der Waals surface area contributed by atoms with Crippen molar-refractivity contribution in [2.45, 2.75) is 45.4 Å². The number of aryl methyl sites for hydroxylation is 1. The van der Waals surface area contributed by atoms with Gasteiger partial charge in [-0.1, -0.05) is 55.8 Å². The van der Waals surface area contributed by atoms with Crippen LogP contribution in [0.15, 0.2) is 42.5 Å². The zero-order valence-electron chi connectivity index (χ0n) is 9.78. The van der Waals surface area contributed by atoms with Crippen LogP contribution in [0.3, 0.4) is 0 Å². The van der Waals surface area contributed by atoms with E-state index in [2.05, 4.69) is 49.4 Å². The summed E-state index contributed by atoms with van der Waals surface area (Å²) in [6, 6.07) is 10.8. The Bertz CT molecular complexity index is 259. The Morgan fingerprint density at radius 3 is 2.40 bits per heavy atom. The molecule has 0 radical (unpaired) electrons. The molecule has 0 spiro atoms. The second kappa shape index (κ2) is 8.28. The first-order valence-corrected chi connectivity index (χ1v) is 6.12. The Hall–Kier alpha value is -1.04. The minimum Gasteiger partial charge on any atom is -0.0885 e. The van der Waals surface area contributed by atoms with Crippen LogP contribution in [0.4, 0.5) is 0 Å². The van der Waals surface area contributed by atoms with Crippen LogP contribution in [0, 0.1) is 0 Å². The van der Waals surface area contributed by atoms with E-state index < -0.39 is 0 Å². The predicted octanol–water partition coefficient (Wildman–Crippen LogP) is 4.76. The van der Waals surface area contributed by atoms with E-state index in [4.69, 9.17) is 0 Å². The second-order valence-corrected chi connectivity index (χ2v) is 3.99. The maximum absolute atomic E-state index is 2.33. The number of benzene rings is 1. The molecule has 0 aliphatic carbocycles. The summed E-state index contributed by atoms with van der Waals surface area (Å²) in [5.41, 5.74) is 1.47. The van der Waals surface area contributed by atoms with E-state index in [1.165, 1.54) is 44.1 Å². The molecule has 0 fully saturated rings. The smallest absolute Gasteiger partial charge is 0.0279 e. The maximum atomic E-state index is 2.33. The van der Waals surface area contributed by atoms with Gasteiger partial charge in [0.25, 0.3) is 0 Å². The first kappa shape index (κ1) is 12.0. The van der Waals surface area contributed by atoms with Gasteiger partial charge < -0.3 is 0 Å². The number of hydrogen-bond acceptors (Lipinski definition) is 0. The normalized spacial score (nSPS) is 11.0. The third-order valence-corrected chi connectivity index (χ3v) is 2.55. The topological polar surface area (TPSA) is 0 Å². The molecule has 0 heteroatoms. The lowest BCUT2D eigenvalue weighted by molar-refractivity contribution is 0.745. The Balaban J connectivity index is 2.02. The Morgan fingerprint density at radius 1 is 0.933 bits per heavy atom. The SMILES string of the molecule is CCCC=CCCCCc1ccccc1. The summed E-state index contributed by atoms with van der Waals surface area (Å²) in [4.78, 5) is 0. The van der Waals surface area contributed by atoms with E-state index in [0.29, 0.717) is 0 Å². The third kappa shape index (κ3) is 6.11. The van der Waals surface area contributed by atoms with Gasteiger partial charge in [-0.05, 0) is 37.7 Å². The van der Waals surface area contributed by atoms with Crippen LogP contribution in [0.2, 0.25) is 0 Å². The van der Waals surface area contributed by atoms with Crippen LogP contribution < -0.4 is 0 Å². The molecule has 1 aromatic rings. The van der Waals surface area contributed by atoms with E-state index in [1.807, 2.05) is 0 Å². The average molecular weight is 202 g/mol. The Morgan fingerprint density at radius 2 is 1.67 bits per heavy atom. The molecule has 0 aliphatic rings. The zero-order chi connectivity index (χ0) is 10.8. The Kier molecular flexibility index (Phi) is 6.64. The predicted molar refractivity (Wildman–Crippen MR) is 68.0 cm³/mol. The molecule has 1 rings (SSSR count). The highest BCUT2D eigenvalue weighted by Crippen LogP contribution is 2.06. The third-order valence-electron chi connectivity index (χ3n) is 2.55. The molecule has 0 atom stereocenters. The largest absolute Gasteiger partial charge is 0.0885 e. The number of hydrogen-bond donors (Lipinski definition) is 0. The standard InChI is InChI=1S/C15H22/c1-2-3-4-5-6-7-9-12-15-13-10-8-11-14-15/h4-5,8,10-11,13-14H,2-3,6-7,9,12H2,1H3. The molecule has 82 valence electrons. The first-order chi connectivity index (χ1) is 7.43. The van der Waals surface area contributed by atoms with Gasteiger partial charge in [0.05, 0.1) is 0 Å². The summed E-state index contributed by atoms with van der Waals surface area (Å²) < 4.78 is 0. The van der Waals surface area contributed by atoms with Crippen LogP contribution in [-0.2, 0) is 6.42 Å². The first-order valence-electron chi connectivity index (χ1n) is 6.12. The summed E-state index contributed by atoms with van der Waals surface area (Å²) >= 11 is 0. The van der Waals surface area contributed by atoms with E-state index in [-0.39, 0.29) is 0 Å². The lowest BCUT2D eigenvalue weighted by Crippen LogP contribution is -1.83. The molecule has 1 aromatic carbocycles. The molecule has 0 N–H and O–H groups in total. The molecule has 0 bridgehead atoms. The molecule has 0 saturated carbocycles. The summed E-state index contributed by atoms with van der Waals surface area (Å²) in [6.45, 7) is 2.22. The number of unbranched alkanes of at least 4 members (excludes halogenated alkanes) is 3. The van der Waals surface area contributed by atoms with Crippen LogP contribution in [0.25, 0.3) is 0 Å². The molecule has 0 saturated heterocycles. The van der Waals surface area contributed by atoms with Crippen LogP contribution >= 0.6 is 0 Å². The van der Waals surface area contributed by atoms with Gasteiger partial charge in [-0.25, -0.2) is 0 Å². The van der Waals surface area contributed by atoms with Gasteiger partial charge in [0.1, 0.15) is 0 Å². The number of allylic oxidation sites excluding steroid dienone is 2. The molecule has 0 unspecified atom stereocenters. The van der Waals surface area contributed by atoms with Crippen LogP contribution in [0.5, 0.6) is 0 Å². The maximum Gasteiger partial charge on any atom is -0.0279 e. The van der Waals surface area contributed by atoms with Crippen molar-refractivity contribution in [1.82, 2.24) is 0 Å². The highest BCUT2D eigenvalue weighted by Gasteiger charge is 1.90. The second-order valence-electron chi connectivity index (χ2n) is 3.99. The quantitative estimate of drug-likeness (QED) is 0.442. The minimum atomic E-state index is 1.22. The van der Waals surface area contributed by atoms with Crippen molar-refractivity contribution < 1.29 is 0 Å². The van der Waals surface area contributed by atoms with Crippen molar-refractivity contribution in [2.24, 2.45) is 0 Å². The van der Waals surface area contributed by atoms with Gasteiger partial charge in [0.15, 0.2) is 0 Å². The molecule has 0 aliphatic heterocycles. The van der Waals surface area contributed by atoms with Crippen molar-refractivity contribution in [1.29, 1.82) is 0 Å². The minimum absolute atomic E-state index is 1.22. The van der Waals surface area contributed by atoms with Crippen molar-refractivity contribution in [3.63, 3.8) is 0 Å². The van der Waals surface area contributed by atoms with Gasteiger partial charge in [-0.15, -0.1) is 0 Å².